The van der Waals surface area contributed by atoms with Crippen LogP contribution in [0.3, 0.4) is 0 Å². The second-order valence-electron chi connectivity index (χ2n) is 5.17. The molecule has 1 N–H and O–H groups in total. The Labute approximate surface area is 89.1 Å². The second kappa shape index (κ2) is 5.13. The Kier molecular flexibility index (Phi) is 4.39. The normalized spacial score (nSPS) is 17.8. The zero-order valence-electron chi connectivity index (χ0n) is 10.3. The fourth-order valence-corrected chi connectivity index (χ4v) is 1.48. The summed E-state index contributed by atoms with van der Waals surface area (Å²) in [4.78, 5) is 2.47. The highest BCUT2D eigenvalue weighted by Gasteiger charge is 2.21. The molecule has 0 unspecified atom stereocenters. The third-order valence-corrected chi connectivity index (χ3v) is 3.58. The van der Waals surface area contributed by atoms with E-state index in [4.69, 9.17) is 0 Å². The van der Waals surface area contributed by atoms with Gasteiger partial charge < -0.3 is 10.2 Å². The molecule has 0 radical (unpaired) electrons. The van der Waals surface area contributed by atoms with E-state index >= 15 is 0 Å². The van der Waals surface area contributed by atoms with Gasteiger partial charge in [0.25, 0.3) is 0 Å². The first-order valence-corrected chi connectivity index (χ1v) is 6.01. The average molecular weight is 198 g/mol. The van der Waals surface area contributed by atoms with Gasteiger partial charge in [-0.05, 0) is 59.7 Å². The lowest BCUT2D eigenvalue weighted by atomic mass is 10.00. The summed E-state index contributed by atoms with van der Waals surface area (Å²) in [6.45, 7) is 9.30. The van der Waals surface area contributed by atoms with Crippen LogP contribution in [0.15, 0.2) is 0 Å². The molecule has 0 atom stereocenters. The van der Waals surface area contributed by atoms with Crippen LogP contribution in [0.2, 0.25) is 0 Å². The number of nitrogens with one attached hydrogen (secondary N) is 1. The van der Waals surface area contributed by atoms with Crippen LogP contribution in [0.4, 0.5) is 0 Å². The fraction of sp³-hybridized carbons (Fsp3) is 1.00. The van der Waals surface area contributed by atoms with E-state index in [1.165, 1.54) is 38.8 Å². The maximum Gasteiger partial charge on any atom is 0.0147 e. The smallest absolute Gasteiger partial charge is 0.0147 e. The largest absolute Gasteiger partial charge is 0.314 e. The molecule has 0 heterocycles. The minimum Gasteiger partial charge on any atom is -0.314 e. The van der Waals surface area contributed by atoms with E-state index in [9.17, 15) is 0 Å². The van der Waals surface area contributed by atoms with Crippen LogP contribution in [0.1, 0.15) is 46.5 Å². The molecule has 1 aliphatic carbocycles. The molecule has 0 amide bonds. The molecule has 0 saturated heterocycles. The topological polar surface area (TPSA) is 15.3 Å². The first-order valence-electron chi connectivity index (χ1n) is 6.01. The van der Waals surface area contributed by atoms with Crippen LogP contribution >= 0.6 is 0 Å². The van der Waals surface area contributed by atoms with Crippen LogP contribution in [0.25, 0.3) is 0 Å². The van der Waals surface area contributed by atoms with E-state index in [0.29, 0.717) is 5.54 Å². The van der Waals surface area contributed by atoms with Crippen LogP contribution in [-0.4, -0.2) is 36.6 Å². The molecule has 1 rings (SSSR count). The SMILES string of the molecule is CCC(C)(C)N(C)CCCNC1CC1. The van der Waals surface area contributed by atoms with Gasteiger partial charge in [-0.1, -0.05) is 6.92 Å². The van der Waals surface area contributed by atoms with Crippen molar-refractivity contribution in [3.8, 4) is 0 Å². The van der Waals surface area contributed by atoms with E-state index < -0.39 is 0 Å². The summed E-state index contributed by atoms with van der Waals surface area (Å²) in [6.07, 6.45) is 5.29. The van der Waals surface area contributed by atoms with Gasteiger partial charge in [-0.2, -0.15) is 0 Å². The van der Waals surface area contributed by atoms with Gasteiger partial charge in [-0.25, -0.2) is 0 Å². The van der Waals surface area contributed by atoms with Gasteiger partial charge in [0.2, 0.25) is 0 Å². The van der Waals surface area contributed by atoms with E-state index in [-0.39, 0.29) is 0 Å². The Balaban J connectivity index is 2.03. The third-order valence-electron chi connectivity index (χ3n) is 3.58. The van der Waals surface area contributed by atoms with Crippen LogP contribution in [-0.2, 0) is 0 Å². The minimum absolute atomic E-state index is 0.361. The summed E-state index contributed by atoms with van der Waals surface area (Å²) >= 11 is 0. The molecule has 0 spiro atoms. The van der Waals surface area contributed by atoms with Gasteiger partial charge in [0.15, 0.2) is 0 Å². The Hall–Kier alpha value is -0.0800. The lowest BCUT2D eigenvalue weighted by molar-refractivity contribution is 0.149. The molecule has 2 nitrogen and oxygen atoms in total. The van der Waals surface area contributed by atoms with E-state index in [1.54, 1.807) is 0 Å². The summed E-state index contributed by atoms with van der Waals surface area (Å²) in [6, 6.07) is 0.861. The monoisotopic (exact) mass is 198 g/mol. The van der Waals surface area contributed by atoms with Gasteiger partial charge in [-0.3, -0.25) is 0 Å². The summed E-state index contributed by atoms with van der Waals surface area (Å²) in [7, 11) is 2.24. The first-order chi connectivity index (χ1) is 6.56. The maximum absolute atomic E-state index is 3.55. The Morgan fingerprint density at radius 2 is 2.00 bits per heavy atom. The summed E-state index contributed by atoms with van der Waals surface area (Å²) < 4.78 is 0. The van der Waals surface area contributed by atoms with E-state index in [2.05, 4.69) is 38.0 Å². The number of hydrogen-bond donors (Lipinski definition) is 1. The van der Waals surface area contributed by atoms with Crippen molar-refractivity contribution in [2.75, 3.05) is 20.1 Å². The Morgan fingerprint density at radius 3 is 2.50 bits per heavy atom. The highest BCUT2D eigenvalue weighted by Crippen LogP contribution is 2.19. The maximum atomic E-state index is 3.55. The molecule has 1 saturated carbocycles. The van der Waals surface area contributed by atoms with Gasteiger partial charge in [-0.15, -0.1) is 0 Å². The Bertz CT molecular complexity index is 162. The predicted molar refractivity (Wildman–Crippen MR) is 62.6 cm³/mol. The van der Waals surface area contributed by atoms with Gasteiger partial charge in [0.1, 0.15) is 0 Å². The van der Waals surface area contributed by atoms with Crippen molar-refractivity contribution < 1.29 is 0 Å². The van der Waals surface area contributed by atoms with Gasteiger partial charge >= 0.3 is 0 Å². The predicted octanol–water partition coefficient (Wildman–Crippen LogP) is 2.25. The number of nitrogens with zero attached hydrogens (tertiary/aromatic N) is 1. The molecule has 0 bridgehead atoms. The fourth-order valence-electron chi connectivity index (χ4n) is 1.48. The summed E-state index contributed by atoms with van der Waals surface area (Å²) in [5, 5.41) is 3.55. The van der Waals surface area contributed by atoms with Crippen molar-refractivity contribution in [3.63, 3.8) is 0 Å². The quantitative estimate of drug-likeness (QED) is 0.631. The first kappa shape index (κ1) is 12.0. The highest BCUT2D eigenvalue weighted by molar-refractivity contribution is 4.81. The van der Waals surface area contributed by atoms with Gasteiger partial charge in [0.05, 0.1) is 0 Å². The number of rotatable bonds is 7. The molecule has 2 heteroatoms. The number of hydrogen-bond acceptors (Lipinski definition) is 2. The van der Waals surface area contributed by atoms with Crippen molar-refractivity contribution in [1.29, 1.82) is 0 Å². The zero-order valence-corrected chi connectivity index (χ0v) is 10.3. The molecule has 14 heavy (non-hydrogen) atoms. The van der Waals surface area contributed by atoms with Crippen LogP contribution in [0, 0.1) is 0 Å². The molecule has 0 aromatic heterocycles. The molecule has 1 fully saturated rings. The minimum atomic E-state index is 0.361. The zero-order chi connectivity index (χ0) is 10.6. The van der Waals surface area contributed by atoms with Crippen LogP contribution < -0.4 is 5.32 Å². The Morgan fingerprint density at radius 1 is 1.36 bits per heavy atom. The lowest BCUT2D eigenvalue weighted by Crippen LogP contribution is -2.41. The highest BCUT2D eigenvalue weighted by atomic mass is 15.2. The van der Waals surface area contributed by atoms with E-state index in [0.717, 1.165) is 6.04 Å². The molecular weight excluding hydrogens is 172 g/mol. The van der Waals surface area contributed by atoms with Crippen molar-refractivity contribution in [1.82, 2.24) is 10.2 Å². The van der Waals surface area contributed by atoms with Crippen molar-refractivity contribution in [3.05, 3.63) is 0 Å². The van der Waals surface area contributed by atoms with Crippen molar-refractivity contribution in [2.24, 2.45) is 0 Å². The molecule has 0 aromatic rings. The molecule has 84 valence electrons. The standard InChI is InChI=1S/C12H26N2/c1-5-12(2,3)14(4)10-6-9-13-11-7-8-11/h11,13H,5-10H2,1-4H3. The third kappa shape index (κ3) is 3.97. The molecule has 0 aromatic carbocycles. The van der Waals surface area contributed by atoms with Gasteiger partial charge in [0, 0.05) is 11.6 Å². The molecule has 0 aliphatic heterocycles. The summed E-state index contributed by atoms with van der Waals surface area (Å²) in [5.74, 6) is 0. The second-order valence-corrected chi connectivity index (χ2v) is 5.17. The van der Waals surface area contributed by atoms with Crippen molar-refractivity contribution in [2.45, 2.75) is 58.0 Å². The van der Waals surface area contributed by atoms with Crippen LogP contribution in [0.5, 0.6) is 0 Å². The van der Waals surface area contributed by atoms with Crippen molar-refractivity contribution >= 4 is 0 Å². The molecule has 1 aliphatic rings. The average Bonchev–Trinajstić information content (AvgIpc) is 2.95. The van der Waals surface area contributed by atoms with E-state index in [1.807, 2.05) is 0 Å². The summed E-state index contributed by atoms with van der Waals surface area (Å²) in [5.41, 5.74) is 0.361. The molecular formula is C12H26N2. The lowest BCUT2D eigenvalue weighted by Gasteiger charge is -2.34.